The number of aromatic nitrogens is 1. The molecule has 0 aliphatic carbocycles. The SMILES string of the molecule is CCOC(=O)C1=C(c2ccccc2)N=c2sc(=Cc3cccc(O)c3)c(=O)n2C1c1ccc2c(c1)OCO2. The van der Waals surface area contributed by atoms with Crippen LogP contribution in [0.4, 0.5) is 0 Å². The summed E-state index contributed by atoms with van der Waals surface area (Å²) in [4.78, 5) is 32.7. The number of benzene rings is 3. The molecule has 1 atom stereocenters. The molecule has 0 bridgehead atoms. The molecule has 2 aliphatic heterocycles. The lowest BCUT2D eigenvalue weighted by atomic mass is 9.93. The van der Waals surface area contributed by atoms with Gasteiger partial charge < -0.3 is 19.3 Å². The predicted molar refractivity (Wildman–Crippen MR) is 142 cm³/mol. The lowest BCUT2D eigenvalue weighted by Crippen LogP contribution is -2.40. The highest BCUT2D eigenvalue weighted by molar-refractivity contribution is 7.07. The van der Waals surface area contributed by atoms with E-state index in [4.69, 9.17) is 19.2 Å². The number of carbonyl (C=O) groups excluding carboxylic acids is 1. The first-order chi connectivity index (χ1) is 18.5. The second kappa shape index (κ2) is 9.68. The van der Waals surface area contributed by atoms with E-state index in [1.54, 1.807) is 49.4 Å². The fraction of sp³-hybridized carbons (Fsp3) is 0.138. The molecule has 8 nitrogen and oxygen atoms in total. The van der Waals surface area contributed by atoms with Gasteiger partial charge in [0.15, 0.2) is 16.3 Å². The fourth-order valence-electron chi connectivity index (χ4n) is 4.60. The van der Waals surface area contributed by atoms with Gasteiger partial charge in [-0.2, -0.15) is 0 Å². The highest BCUT2D eigenvalue weighted by Gasteiger charge is 2.36. The summed E-state index contributed by atoms with van der Waals surface area (Å²) in [6.07, 6.45) is 1.70. The van der Waals surface area contributed by atoms with Crippen LogP contribution in [0.25, 0.3) is 11.8 Å². The van der Waals surface area contributed by atoms with Crippen LogP contribution in [0.5, 0.6) is 17.2 Å². The zero-order valence-corrected chi connectivity index (χ0v) is 21.1. The maximum Gasteiger partial charge on any atom is 0.338 e. The molecule has 3 heterocycles. The maximum atomic E-state index is 13.9. The Hall–Kier alpha value is -4.63. The number of rotatable bonds is 5. The zero-order valence-electron chi connectivity index (χ0n) is 20.3. The van der Waals surface area contributed by atoms with Gasteiger partial charge in [-0.1, -0.05) is 59.9 Å². The number of esters is 1. The third-order valence-corrected chi connectivity index (χ3v) is 7.24. The summed E-state index contributed by atoms with van der Waals surface area (Å²) in [7, 11) is 0. The van der Waals surface area contributed by atoms with E-state index in [9.17, 15) is 14.7 Å². The van der Waals surface area contributed by atoms with Gasteiger partial charge in [0.05, 0.1) is 28.5 Å². The molecule has 0 saturated heterocycles. The number of aromatic hydroxyl groups is 1. The quantitative estimate of drug-likeness (QED) is 0.401. The predicted octanol–water partition coefficient (Wildman–Crippen LogP) is 3.37. The van der Waals surface area contributed by atoms with Crippen molar-refractivity contribution in [3.8, 4) is 17.2 Å². The molecule has 0 amide bonds. The zero-order chi connectivity index (χ0) is 26.2. The second-order valence-corrected chi connectivity index (χ2v) is 9.65. The van der Waals surface area contributed by atoms with Crippen LogP contribution in [0, 0.1) is 0 Å². The molecule has 0 fully saturated rings. The minimum atomic E-state index is -0.818. The van der Waals surface area contributed by atoms with Gasteiger partial charge in [-0.3, -0.25) is 9.36 Å². The van der Waals surface area contributed by atoms with Crippen LogP contribution in [0.15, 0.2) is 88.2 Å². The molecule has 190 valence electrons. The first-order valence-corrected chi connectivity index (χ1v) is 12.8. The molecule has 1 N–H and O–H groups in total. The van der Waals surface area contributed by atoms with Crippen molar-refractivity contribution in [2.75, 3.05) is 13.4 Å². The Labute approximate surface area is 221 Å². The summed E-state index contributed by atoms with van der Waals surface area (Å²) in [6.45, 7) is 2.00. The van der Waals surface area contributed by atoms with Gasteiger partial charge in [-0.05, 0) is 48.4 Å². The summed E-state index contributed by atoms with van der Waals surface area (Å²) >= 11 is 1.22. The molecule has 4 aromatic rings. The lowest BCUT2D eigenvalue weighted by molar-refractivity contribution is -0.138. The average molecular weight is 527 g/mol. The standard InChI is InChI=1S/C29H22N2O6S/c1-2-35-28(34)24-25(18-8-4-3-5-9-18)30-29-31(26(24)19-11-12-21-22(15-19)37-16-36-21)27(33)23(38-29)14-17-7-6-10-20(32)13-17/h3-15,26,32H,2,16H2,1H3. The van der Waals surface area contributed by atoms with E-state index in [1.807, 2.05) is 36.4 Å². The van der Waals surface area contributed by atoms with E-state index >= 15 is 0 Å². The summed E-state index contributed by atoms with van der Waals surface area (Å²) < 4.78 is 18.5. The number of fused-ring (bicyclic) bond motifs is 2. The normalized spacial score (nSPS) is 16.2. The smallest absolute Gasteiger partial charge is 0.338 e. The van der Waals surface area contributed by atoms with Crippen LogP contribution in [-0.2, 0) is 9.53 Å². The Morgan fingerprint density at radius 3 is 2.71 bits per heavy atom. The molecule has 1 unspecified atom stereocenters. The molecule has 0 spiro atoms. The van der Waals surface area contributed by atoms with Crippen molar-refractivity contribution in [3.63, 3.8) is 0 Å². The number of thiazole rings is 1. The Balaban J connectivity index is 1.65. The summed E-state index contributed by atoms with van der Waals surface area (Å²) in [5.74, 6) is 0.668. The molecule has 9 heteroatoms. The Morgan fingerprint density at radius 2 is 1.92 bits per heavy atom. The van der Waals surface area contributed by atoms with Gasteiger partial charge in [0.2, 0.25) is 6.79 Å². The monoisotopic (exact) mass is 526 g/mol. The van der Waals surface area contributed by atoms with Crippen LogP contribution in [0.1, 0.15) is 29.7 Å². The number of ether oxygens (including phenoxy) is 3. The van der Waals surface area contributed by atoms with Gasteiger partial charge in [0.25, 0.3) is 5.56 Å². The van der Waals surface area contributed by atoms with Gasteiger partial charge >= 0.3 is 5.97 Å². The highest BCUT2D eigenvalue weighted by Crippen LogP contribution is 2.40. The number of nitrogens with zero attached hydrogens (tertiary/aromatic N) is 2. The summed E-state index contributed by atoms with van der Waals surface area (Å²) in [5, 5.41) is 9.90. The van der Waals surface area contributed by atoms with Crippen LogP contribution in [0.2, 0.25) is 0 Å². The lowest BCUT2D eigenvalue weighted by Gasteiger charge is -2.26. The van der Waals surface area contributed by atoms with Crippen molar-refractivity contribution in [1.29, 1.82) is 0 Å². The Morgan fingerprint density at radius 1 is 1.11 bits per heavy atom. The van der Waals surface area contributed by atoms with Gasteiger partial charge in [0, 0.05) is 5.56 Å². The summed E-state index contributed by atoms with van der Waals surface area (Å²) in [6, 6.07) is 20.6. The minimum Gasteiger partial charge on any atom is -0.508 e. The van der Waals surface area contributed by atoms with Crippen LogP contribution in [-0.4, -0.2) is 29.0 Å². The van der Waals surface area contributed by atoms with Crippen molar-refractivity contribution in [2.45, 2.75) is 13.0 Å². The van der Waals surface area contributed by atoms with Crippen LogP contribution >= 0.6 is 11.3 Å². The van der Waals surface area contributed by atoms with E-state index in [0.717, 1.165) is 5.56 Å². The molecule has 6 rings (SSSR count). The third kappa shape index (κ3) is 4.16. The van der Waals surface area contributed by atoms with Crippen molar-refractivity contribution < 1.29 is 24.1 Å². The minimum absolute atomic E-state index is 0.0979. The average Bonchev–Trinajstić information content (AvgIpc) is 3.52. The van der Waals surface area contributed by atoms with Crippen molar-refractivity contribution >= 4 is 29.1 Å². The number of hydrogen-bond donors (Lipinski definition) is 1. The first kappa shape index (κ1) is 23.7. The fourth-order valence-corrected chi connectivity index (χ4v) is 5.61. The van der Waals surface area contributed by atoms with Crippen LogP contribution < -0.4 is 24.4 Å². The van der Waals surface area contributed by atoms with Gasteiger partial charge in [0.1, 0.15) is 5.75 Å². The molecule has 0 saturated carbocycles. The number of phenolic OH excluding ortho intramolecular Hbond substituents is 1. The third-order valence-electron chi connectivity index (χ3n) is 6.25. The molecular weight excluding hydrogens is 504 g/mol. The second-order valence-electron chi connectivity index (χ2n) is 8.64. The molecule has 3 aromatic carbocycles. The van der Waals surface area contributed by atoms with Gasteiger partial charge in [-0.15, -0.1) is 0 Å². The molecule has 2 aliphatic rings. The van der Waals surface area contributed by atoms with Crippen molar-refractivity contribution in [3.05, 3.63) is 115 Å². The van der Waals surface area contributed by atoms with E-state index in [1.165, 1.54) is 15.9 Å². The Kier molecular flexibility index (Phi) is 6.05. The summed E-state index contributed by atoms with van der Waals surface area (Å²) in [5.41, 5.74) is 2.44. The van der Waals surface area contributed by atoms with E-state index in [2.05, 4.69) is 0 Å². The molecule has 38 heavy (non-hydrogen) atoms. The molecule has 0 radical (unpaired) electrons. The molecular formula is C29H22N2O6S. The largest absolute Gasteiger partial charge is 0.508 e. The van der Waals surface area contributed by atoms with E-state index in [-0.39, 0.29) is 30.3 Å². The first-order valence-electron chi connectivity index (χ1n) is 12.0. The van der Waals surface area contributed by atoms with E-state index < -0.39 is 12.0 Å². The highest BCUT2D eigenvalue weighted by atomic mass is 32.1. The Bertz CT molecular complexity index is 1770. The number of hydrogen-bond acceptors (Lipinski definition) is 8. The number of phenols is 1. The van der Waals surface area contributed by atoms with Crippen molar-refractivity contribution in [2.24, 2.45) is 4.99 Å². The van der Waals surface area contributed by atoms with E-state index in [0.29, 0.717) is 37.7 Å². The number of carbonyl (C=O) groups is 1. The maximum absolute atomic E-state index is 13.9. The van der Waals surface area contributed by atoms with Crippen LogP contribution in [0.3, 0.4) is 0 Å². The molecule has 1 aromatic heterocycles. The van der Waals surface area contributed by atoms with Crippen molar-refractivity contribution in [1.82, 2.24) is 4.57 Å². The topological polar surface area (TPSA) is 99.4 Å². The van der Waals surface area contributed by atoms with Gasteiger partial charge in [-0.25, -0.2) is 9.79 Å².